The number of nitrogens with one attached hydrogen (secondary N) is 4. The van der Waals surface area contributed by atoms with Crippen LogP contribution in [-0.4, -0.2) is 240 Å². The predicted octanol–water partition coefficient (Wildman–Crippen LogP) is 9.79. The molecule has 834 valence electrons. The highest BCUT2D eigenvalue weighted by Gasteiger charge is 2.55. The Morgan fingerprint density at radius 2 is 0.660 bits per heavy atom. The molecule has 15 heterocycles. The van der Waals surface area contributed by atoms with Crippen LogP contribution in [0.15, 0.2) is 43.2 Å². The molecular weight excluding hydrogens is 2220 g/mol. The van der Waals surface area contributed by atoms with Gasteiger partial charge in [-0.15, -0.1) is 0 Å². The standard InChI is InChI=1S/C18H24F6N4O9S3Si.C17H25N5O4SSi.2C16H26N4O5SSi.C16H24N4O5SSi/c1-16(2,3)41(4,5)34-7-8-6-9(36-39(30,31)17(19,20)21)13(35-8)28-11-10(38-15(28)29)12(27-14(25)26-11)37-40(32,33)18(22,23)24;1-17(2,3)28(4,5)25-8-10-6-9(7-18)14(26-10)22-12-11(27-16(22)24)13(23)21-15(19)20-12;3*1-16(2,3)27(4,5)24-7-8-6-9(21)13(25-8)20-11-10(26-15(20)23)12(22)19-14(17)18-11/h8-9,13H,6-7H2,1-5H3,(H2,25,26,27);9-10,14H,6,8H2,1-5H3,(H3,19,20,21,23);2*8-9,13,21H,6-7H2,1-5H3,(H3,17,18,19,22);8,13H,6-7H2,1-5H3,(H3,17,18,19,22)/t8-,9-,13+;9-,10-,14+;8-,9+,13+;8-,9-,13+;8-,13+/m00000/s1. The maximum atomic E-state index is 13.1. The molecule has 14 atom stereocenters. The van der Waals surface area contributed by atoms with Crippen LogP contribution in [0, 0.1) is 17.2 Å². The Labute approximate surface area is 877 Å². The van der Waals surface area contributed by atoms with Crippen molar-refractivity contribution in [2.24, 2.45) is 5.92 Å². The van der Waals surface area contributed by atoms with E-state index in [-0.39, 0.29) is 145 Å². The molecule has 0 saturated carbocycles. The monoisotopic (exact) mass is 2340 g/mol. The molecule has 0 radical (unpaired) electrons. The van der Waals surface area contributed by atoms with Gasteiger partial charge in [0.1, 0.15) is 41.8 Å². The molecule has 15 rings (SSSR count). The number of rotatable bonds is 24. The summed E-state index contributed by atoms with van der Waals surface area (Å²) in [6.45, 7) is 53.4. The van der Waals surface area contributed by atoms with E-state index in [0.717, 1.165) is 38.6 Å². The number of carbonyl (C=O) groups excluding carboxylic acids is 1. The Balaban J connectivity index is 0.000000180. The van der Waals surface area contributed by atoms with Crippen LogP contribution >= 0.6 is 56.7 Å². The zero-order chi connectivity index (χ0) is 113. The molecule has 16 N–H and O–H groups in total. The zero-order valence-electron chi connectivity index (χ0n) is 86.5. The number of aromatic amines is 4. The molecule has 0 spiro atoms. The van der Waals surface area contributed by atoms with Crippen molar-refractivity contribution in [3.8, 4) is 11.9 Å². The number of nitriles is 1. The van der Waals surface area contributed by atoms with Crippen molar-refractivity contribution in [2.75, 3.05) is 61.7 Å². The van der Waals surface area contributed by atoms with E-state index >= 15 is 0 Å². The minimum absolute atomic E-state index is 0.0385. The van der Waals surface area contributed by atoms with Gasteiger partial charge >= 0.3 is 55.6 Å². The van der Waals surface area contributed by atoms with Gasteiger partial charge in [0.2, 0.25) is 29.7 Å². The number of hydrogen-bond donors (Lipinski definition) is 11. The highest BCUT2D eigenvalue weighted by molar-refractivity contribution is 7.88. The number of fused-ring (bicyclic) bond motifs is 5. The SMILES string of the molecule is CC(C)(C)[Si](C)(C)OC[C@@H]1CC(=O)[C@H](n2c(=O)sc3c(=O)[nH]c(N)nc32)O1.CC(C)(C)[Si](C)(C)OC[C@@H]1C[C@@H](C#N)[C@H](n2c(=O)sc3c(=O)[nH]c(N)nc32)O1.CC(C)(C)[Si](C)(C)OC[C@@H]1C[C@@H](O)[C@H](n2c(=O)sc3c(=O)[nH]c(N)nc32)O1.CC(C)(C)[Si](C)(C)OC[C@@H]1C[C@H](O)[C@H](n2c(=O)sc3c(=O)[nH]c(N)nc32)O1.CC(C)(C)[Si](C)(C)OC[C@@H]1C[C@H](OS(=O)(=O)C(F)(F)F)[C@H](n2c(=O)sc3c(OS(=O)(=O)C(F)(F)F)nc(N)nc32)O1. The minimum atomic E-state index is -6.30. The predicted molar refractivity (Wildman–Crippen MR) is 562 cm³/mol. The fraction of sp³-hybridized carbons (Fsp3) is 0.675. The second kappa shape index (κ2) is 44.0. The molecule has 49 nitrogen and oxygen atoms in total. The fourth-order valence-electron chi connectivity index (χ4n) is 14.2. The molecule has 0 aromatic carbocycles. The van der Waals surface area contributed by atoms with E-state index in [1.165, 1.54) is 13.7 Å². The van der Waals surface area contributed by atoms with E-state index < -0.39 is 216 Å². The molecule has 0 amide bonds. The number of alkyl halides is 6. The maximum Gasteiger partial charge on any atom is 0.534 e. The van der Waals surface area contributed by atoms with Crippen molar-refractivity contribution < 1.29 is 112 Å². The van der Waals surface area contributed by atoms with Crippen LogP contribution in [0.3, 0.4) is 0 Å². The Hall–Kier alpha value is -8.95. The molecule has 5 aliphatic heterocycles. The van der Waals surface area contributed by atoms with E-state index in [9.17, 15) is 107 Å². The number of aliphatic hydroxyl groups is 2. The van der Waals surface area contributed by atoms with Crippen LogP contribution < -0.4 is 79.5 Å². The Bertz CT molecular complexity index is 7430. The first kappa shape index (κ1) is 121. The number of nitrogens with zero attached hydrogens (tertiary/aromatic N) is 12. The molecular formula is C83H125F6N21O28S7Si5. The molecule has 0 unspecified atom stereocenters. The molecule has 10 aromatic rings. The van der Waals surface area contributed by atoms with Crippen molar-refractivity contribution in [2.45, 2.75) is 318 Å². The van der Waals surface area contributed by atoms with Crippen molar-refractivity contribution in [3.05, 3.63) is 89.8 Å². The lowest BCUT2D eigenvalue weighted by atomic mass is 10.1. The number of hydrogen-bond acceptors (Lipinski definition) is 45. The zero-order valence-corrected chi connectivity index (χ0v) is 97.3. The molecule has 0 aliphatic carbocycles. The second-order valence-electron chi connectivity index (χ2n) is 43.7. The average Bonchev–Trinajstić information content (AvgIpc) is 1.59. The third-order valence-corrected chi connectivity index (χ3v) is 56.9. The van der Waals surface area contributed by atoms with Crippen LogP contribution in [0.25, 0.3) is 51.7 Å². The van der Waals surface area contributed by atoms with E-state index in [1.807, 2.05) is 33.9 Å². The Morgan fingerprint density at radius 1 is 0.387 bits per heavy atom. The van der Waals surface area contributed by atoms with Gasteiger partial charge in [-0.25, -0.2) is 4.57 Å². The molecule has 10 aromatic heterocycles. The topological polar surface area (TPSA) is 709 Å². The summed E-state index contributed by atoms with van der Waals surface area (Å²) in [5.41, 5.74) is 13.9. The van der Waals surface area contributed by atoms with Gasteiger partial charge in [-0.05, 0) is 97.1 Å². The summed E-state index contributed by atoms with van der Waals surface area (Å²) < 4.78 is 198. The van der Waals surface area contributed by atoms with Gasteiger partial charge in [0.25, 0.3) is 28.1 Å². The van der Waals surface area contributed by atoms with Crippen LogP contribution in [0.5, 0.6) is 5.88 Å². The number of aliphatic hydroxyl groups excluding tert-OH is 2. The normalized spacial score (nSPS) is 22.7. The smallest absolute Gasteiger partial charge is 0.414 e. The number of Topliss-reactive ketones (excluding diaryl/α,β-unsaturated/α-hetero) is 1. The Morgan fingerprint density at radius 3 is 0.987 bits per heavy atom. The van der Waals surface area contributed by atoms with Gasteiger partial charge in [0.05, 0.1) is 75.5 Å². The summed E-state index contributed by atoms with van der Waals surface area (Å²) in [7, 11) is -22.8. The number of thiazole rings is 5. The van der Waals surface area contributed by atoms with Crippen LogP contribution in [0.2, 0.25) is 90.7 Å². The summed E-state index contributed by atoms with van der Waals surface area (Å²) in [5.74, 6) is -3.40. The van der Waals surface area contributed by atoms with Crippen molar-refractivity contribution in [1.29, 1.82) is 5.26 Å². The number of ketones is 1. The van der Waals surface area contributed by atoms with E-state index in [2.05, 4.69) is 200 Å². The fourth-order valence-corrected chi connectivity index (χ4v) is 24.7. The summed E-state index contributed by atoms with van der Waals surface area (Å²) >= 11 is 3.03. The van der Waals surface area contributed by atoms with Gasteiger partial charge in [0.15, 0.2) is 107 Å². The quantitative estimate of drug-likeness (QED) is 0.0116. The summed E-state index contributed by atoms with van der Waals surface area (Å²) in [6, 6.07) is 2.21. The average molecular weight is 2340 g/mol. The van der Waals surface area contributed by atoms with Crippen LogP contribution in [0.1, 0.15) is 167 Å². The van der Waals surface area contributed by atoms with Gasteiger partial charge < -0.3 is 88.9 Å². The first-order valence-electron chi connectivity index (χ1n) is 46.5. The number of ether oxygens (including phenoxy) is 5. The minimum Gasteiger partial charge on any atom is -0.414 e. The lowest BCUT2D eigenvalue weighted by Crippen LogP contribution is -2.42. The van der Waals surface area contributed by atoms with Crippen molar-refractivity contribution in [1.82, 2.24) is 72.7 Å². The van der Waals surface area contributed by atoms with Crippen molar-refractivity contribution >= 4 is 206 Å². The third-order valence-electron chi connectivity index (χ3n) is 27.7. The highest BCUT2D eigenvalue weighted by atomic mass is 32.2. The molecule has 0 bridgehead atoms. The summed E-state index contributed by atoms with van der Waals surface area (Å²) in [5, 5.41) is 30.5. The van der Waals surface area contributed by atoms with Gasteiger partial charge in [-0.3, -0.25) is 90.3 Å². The molecule has 5 fully saturated rings. The Kier molecular flexibility index (Phi) is 35.6. The summed E-state index contributed by atoms with van der Waals surface area (Å²) in [4.78, 5) is 153. The molecule has 5 aliphatic rings. The van der Waals surface area contributed by atoms with Crippen LogP contribution in [0.4, 0.5) is 56.1 Å². The van der Waals surface area contributed by atoms with E-state index in [0.29, 0.717) is 55.0 Å². The third kappa shape index (κ3) is 26.5. The number of carbonyl (C=O) groups is 1. The number of halogens is 6. The van der Waals surface area contributed by atoms with Gasteiger partial charge in [-0.1, -0.05) is 161 Å². The largest absolute Gasteiger partial charge is 0.534 e. The lowest BCUT2D eigenvalue weighted by molar-refractivity contribution is -0.127. The van der Waals surface area contributed by atoms with Crippen molar-refractivity contribution in [3.63, 3.8) is 0 Å². The summed E-state index contributed by atoms with van der Waals surface area (Å²) in [6.07, 6.45) is -11.4. The first-order valence-corrected chi connectivity index (χ1v) is 67.9. The molecule has 5 saturated heterocycles. The first-order chi connectivity index (χ1) is 68.4. The maximum absolute atomic E-state index is 13.1. The number of aromatic nitrogens is 15. The van der Waals surface area contributed by atoms with E-state index in [1.54, 1.807) is 0 Å². The highest BCUT2D eigenvalue weighted by Crippen LogP contribution is 2.47. The van der Waals surface area contributed by atoms with Crippen LogP contribution in [-0.2, 0) is 75.0 Å². The number of H-pyrrole nitrogens is 4. The lowest BCUT2D eigenvalue weighted by Gasteiger charge is -2.36. The number of nitrogens with two attached hydrogens (primary N) is 5. The van der Waals surface area contributed by atoms with Gasteiger partial charge in [0, 0.05) is 25.7 Å². The molecule has 150 heavy (non-hydrogen) atoms. The van der Waals surface area contributed by atoms with Gasteiger partial charge in [-0.2, -0.15) is 78.3 Å². The van der Waals surface area contributed by atoms with E-state index in [4.69, 9.17) is 74.5 Å². The number of nitrogen functional groups attached to an aromatic ring is 5. The number of anilines is 5. The molecule has 67 heteroatoms. The second-order valence-corrected chi connectivity index (χ2v) is 75.7.